The smallest absolute Gasteiger partial charge is 0.212 e. The Morgan fingerprint density at radius 1 is 1.23 bits per heavy atom. The number of guanidine groups is 1. The van der Waals surface area contributed by atoms with E-state index >= 15 is 0 Å². The molecule has 1 unspecified atom stereocenters. The number of hydrogen-bond donors (Lipinski definition) is 2. The van der Waals surface area contributed by atoms with Crippen molar-refractivity contribution in [1.29, 1.82) is 0 Å². The number of nitrogens with two attached hydrogens (primary N) is 1. The highest BCUT2D eigenvalue weighted by atomic mass is 16.5. The predicted molar refractivity (Wildman–Crippen MR) is 113 cm³/mol. The molecule has 3 N–H and O–H groups in total. The maximum Gasteiger partial charge on any atom is 0.212 e. The van der Waals surface area contributed by atoms with Crippen LogP contribution in [0, 0.1) is 0 Å². The summed E-state index contributed by atoms with van der Waals surface area (Å²) in [7, 11) is 1.62. The van der Waals surface area contributed by atoms with Crippen molar-refractivity contribution in [1.82, 2.24) is 9.55 Å². The lowest BCUT2D eigenvalue weighted by Gasteiger charge is -2.25. The van der Waals surface area contributed by atoms with Crippen LogP contribution in [0.4, 0.5) is 5.95 Å². The van der Waals surface area contributed by atoms with Crippen molar-refractivity contribution >= 4 is 22.9 Å². The molecule has 5 rings (SSSR count). The maximum absolute atomic E-state index is 6.09. The van der Waals surface area contributed by atoms with E-state index in [9.17, 15) is 0 Å². The van der Waals surface area contributed by atoms with Gasteiger partial charge in [-0.1, -0.05) is 12.1 Å². The van der Waals surface area contributed by atoms with Gasteiger partial charge in [-0.2, -0.15) is 0 Å². The van der Waals surface area contributed by atoms with Gasteiger partial charge in [-0.3, -0.25) is 9.88 Å². The summed E-state index contributed by atoms with van der Waals surface area (Å²) < 4.78 is 25.1. The van der Waals surface area contributed by atoms with E-state index in [0.29, 0.717) is 48.8 Å². The average molecular weight is 409 g/mol. The van der Waals surface area contributed by atoms with Gasteiger partial charge in [0.15, 0.2) is 35.1 Å². The van der Waals surface area contributed by atoms with Crippen LogP contribution in [-0.4, -0.2) is 42.4 Å². The summed E-state index contributed by atoms with van der Waals surface area (Å²) in [6.45, 7) is 3.68. The van der Waals surface area contributed by atoms with Crippen LogP contribution in [0.2, 0.25) is 0 Å². The number of aromatic nitrogens is 2. The van der Waals surface area contributed by atoms with Gasteiger partial charge in [0.1, 0.15) is 0 Å². The summed E-state index contributed by atoms with van der Waals surface area (Å²) in [6.07, 6.45) is 0.357. The SMILES string of the molecule is CCOc1cccc(C2N=C(N)Nc3nc4cc5c(cc4n32)OCCCO5)c1OC. The Bertz CT molecular complexity index is 1140. The molecule has 0 bridgehead atoms. The van der Waals surface area contributed by atoms with Crippen molar-refractivity contribution in [3.8, 4) is 23.0 Å². The number of nitrogens with one attached hydrogen (secondary N) is 1. The molecule has 9 nitrogen and oxygen atoms in total. The van der Waals surface area contributed by atoms with Crippen molar-refractivity contribution < 1.29 is 18.9 Å². The van der Waals surface area contributed by atoms with Crippen LogP contribution in [0.5, 0.6) is 23.0 Å². The van der Waals surface area contributed by atoms with E-state index in [0.717, 1.165) is 23.0 Å². The van der Waals surface area contributed by atoms with Gasteiger partial charge in [0, 0.05) is 24.1 Å². The Labute approximate surface area is 173 Å². The Morgan fingerprint density at radius 2 is 2.03 bits per heavy atom. The zero-order chi connectivity index (χ0) is 20.7. The van der Waals surface area contributed by atoms with Crippen molar-refractivity contribution in [2.45, 2.75) is 19.5 Å². The summed E-state index contributed by atoms with van der Waals surface area (Å²) in [4.78, 5) is 9.37. The quantitative estimate of drug-likeness (QED) is 0.683. The van der Waals surface area contributed by atoms with Crippen LogP contribution < -0.4 is 30.0 Å². The van der Waals surface area contributed by atoms with Crippen molar-refractivity contribution in [3.05, 3.63) is 35.9 Å². The van der Waals surface area contributed by atoms with E-state index in [1.54, 1.807) is 7.11 Å². The topological polar surface area (TPSA) is 105 Å². The molecule has 1 aromatic heterocycles. The zero-order valence-electron chi connectivity index (χ0n) is 16.8. The Hall–Kier alpha value is -3.62. The highest BCUT2D eigenvalue weighted by molar-refractivity contribution is 5.95. The van der Waals surface area contributed by atoms with Crippen molar-refractivity contribution in [3.63, 3.8) is 0 Å². The first-order valence-corrected chi connectivity index (χ1v) is 9.91. The summed E-state index contributed by atoms with van der Waals surface area (Å²) in [5.74, 6) is 3.52. The highest BCUT2D eigenvalue weighted by Crippen LogP contribution is 2.42. The molecule has 9 heteroatoms. The Kier molecular flexibility index (Phi) is 4.50. The summed E-state index contributed by atoms with van der Waals surface area (Å²) >= 11 is 0. The average Bonchev–Trinajstić information content (AvgIpc) is 2.92. The first kappa shape index (κ1) is 18.4. The molecule has 156 valence electrons. The summed E-state index contributed by atoms with van der Waals surface area (Å²) in [5.41, 5.74) is 8.53. The molecule has 0 spiro atoms. The number of para-hydroxylation sites is 1. The number of imidazole rings is 1. The second-order valence-electron chi connectivity index (χ2n) is 6.97. The zero-order valence-corrected chi connectivity index (χ0v) is 16.8. The second kappa shape index (κ2) is 7.33. The second-order valence-corrected chi connectivity index (χ2v) is 6.97. The van der Waals surface area contributed by atoms with E-state index in [1.165, 1.54) is 0 Å². The fourth-order valence-electron chi connectivity index (χ4n) is 3.86. The molecule has 0 amide bonds. The Morgan fingerprint density at radius 3 is 2.80 bits per heavy atom. The van der Waals surface area contributed by atoms with E-state index in [-0.39, 0.29) is 5.96 Å². The number of anilines is 1. The number of fused-ring (bicyclic) bond motifs is 4. The van der Waals surface area contributed by atoms with Crippen LogP contribution >= 0.6 is 0 Å². The van der Waals surface area contributed by atoms with Crippen LogP contribution in [-0.2, 0) is 0 Å². The number of rotatable bonds is 4. The standard InChI is InChI=1S/C21H23N5O4/c1-3-28-15-7-4-6-12(18(15)27-2)19-24-20(22)25-21-23-13-10-16-17(11-14(13)26(19)21)30-9-5-8-29-16/h4,6-7,10-11,19H,3,5,8-9H2,1-2H3,(H3,22,23,24,25). The first-order valence-electron chi connectivity index (χ1n) is 9.91. The largest absolute Gasteiger partial charge is 0.492 e. The van der Waals surface area contributed by atoms with E-state index in [2.05, 4.69) is 10.3 Å². The number of ether oxygens (including phenoxy) is 4. The van der Waals surface area contributed by atoms with E-state index in [4.69, 9.17) is 29.7 Å². The first-order chi connectivity index (χ1) is 14.7. The van der Waals surface area contributed by atoms with Crippen LogP contribution in [0.3, 0.4) is 0 Å². The monoisotopic (exact) mass is 409 g/mol. The molecule has 2 aliphatic heterocycles. The lowest BCUT2D eigenvalue weighted by molar-refractivity contribution is 0.297. The normalized spacial score (nSPS) is 17.5. The molecule has 0 aliphatic carbocycles. The molecular formula is C21H23N5O4. The molecule has 3 heterocycles. The number of nitrogens with zero attached hydrogens (tertiary/aromatic N) is 3. The van der Waals surface area contributed by atoms with Gasteiger partial charge in [0.25, 0.3) is 0 Å². The van der Waals surface area contributed by atoms with Crippen LogP contribution in [0.1, 0.15) is 25.1 Å². The molecule has 30 heavy (non-hydrogen) atoms. The third-order valence-electron chi connectivity index (χ3n) is 5.10. The van der Waals surface area contributed by atoms with Gasteiger partial charge in [-0.15, -0.1) is 0 Å². The number of aliphatic imine (C=N–C) groups is 1. The van der Waals surface area contributed by atoms with Gasteiger partial charge in [-0.25, -0.2) is 9.98 Å². The molecular weight excluding hydrogens is 386 g/mol. The summed E-state index contributed by atoms with van der Waals surface area (Å²) in [6, 6.07) is 9.57. The van der Waals surface area contributed by atoms with Crippen LogP contribution in [0.15, 0.2) is 35.3 Å². The fraction of sp³-hybridized carbons (Fsp3) is 0.333. The molecule has 0 saturated heterocycles. The van der Waals surface area contributed by atoms with Crippen molar-refractivity contribution in [2.24, 2.45) is 10.7 Å². The minimum Gasteiger partial charge on any atom is -0.492 e. The van der Waals surface area contributed by atoms with Gasteiger partial charge in [0.05, 0.1) is 38.0 Å². The Balaban J connectivity index is 1.71. The van der Waals surface area contributed by atoms with E-state index < -0.39 is 6.17 Å². The van der Waals surface area contributed by atoms with E-state index in [1.807, 2.05) is 41.8 Å². The maximum atomic E-state index is 6.09. The van der Waals surface area contributed by atoms with Gasteiger partial charge in [-0.05, 0) is 13.0 Å². The molecule has 2 aliphatic rings. The minimum absolute atomic E-state index is 0.278. The molecule has 2 aromatic carbocycles. The number of methoxy groups -OCH3 is 1. The number of benzene rings is 2. The van der Waals surface area contributed by atoms with Gasteiger partial charge < -0.3 is 24.7 Å². The minimum atomic E-state index is -0.480. The van der Waals surface area contributed by atoms with Gasteiger partial charge >= 0.3 is 0 Å². The molecule has 1 atom stereocenters. The fourth-order valence-corrected chi connectivity index (χ4v) is 3.86. The van der Waals surface area contributed by atoms with Crippen molar-refractivity contribution in [2.75, 3.05) is 32.2 Å². The lowest BCUT2D eigenvalue weighted by Crippen LogP contribution is -2.31. The third-order valence-corrected chi connectivity index (χ3v) is 5.10. The predicted octanol–water partition coefficient (Wildman–Crippen LogP) is 2.89. The highest BCUT2D eigenvalue weighted by Gasteiger charge is 2.29. The molecule has 0 radical (unpaired) electrons. The molecule has 0 saturated carbocycles. The third kappa shape index (κ3) is 2.94. The molecule has 3 aromatic rings. The molecule has 0 fully saturated rings. The summed E-state index contributed by atoms with van der Waals surface area (Å²) in [5, 5.41) is 3.06. The number of hydrogen-bond acceptors (Lipinski definition) is 8. The van der Waals surface area contributed by atoms with Gasteiger partial charge in [0.2, 0.25) is 5.95 Å². The van der Waals surface area contributed by atoms with Crippen LogP contribution in [0.25, 0.3) is 11.0 Å². The lowest BCUT2D eigenvalue weighted by atomic mass is 10.1.